The van der Waals surface area contributed by atoms with Crippen molar-refractivity contribution < 1.29 is 0 Å². The van der Waals surface area contributed by atoms with Gasteiger partial charge in [-0.05, 0) is 53.3 Å². The Balaban J connectivity index is 1.53. The average molecular weight is 335 g/mol. The molecule has 2 heterocycles. The van der Waals surface area contributed by atoms with E-state index in [1.807, 2.05) is 11.3 Å². The van der Waals surface area contributed by atoms with Crippen LogP contribution in [0.4, 0.5) is 0 Å². The molecule has 1 saturated heterocycles. The molecular weight excluding hydrogens is 316 g/mol. The summed E-state index contributed by atoms with van der Waals surface area (Å²) in [6.07, 6.45) is 2.67. The molecule has 0 saturated carbocycles. The number of halogens is 1. The van der Waals surface area contributed by atoms with E-state index in [0.717, 1.165) is 18.3 Å². The van der Waals surface area contributed by atoms with Gasteiger partial charge in [0.05, 0.1) is 0 Å². The van der Waals surface area contributed by atoms with Gasteiger partial charge in [0.1, 0.15) is 0 Å². The molecule has 0 aliphatic carbocycles. The molecule has 0 radical (unpaired) electrons. The molecule has 5 heteroatoms. The fourth-order valence-electron chi connectivity index (χ4n) is 1.91. The van der Waals surface area contributed by atoms with Crippen molar-refractivity contribution in [3.05, 3.63) is 20.8 Å². The minimum Gasteiger partial charge on any atom is -0.317 e. The van der Waals surface area contributed by atoms with E-state index >= 15 is 0 Å². The molecule has 0 spiro atoms. The molecule has 1 fully saturated rings. The lowest BCUT2D eigenvalue weighted by atomic mass is 10.2. The molecule has 1 aromatic rings. The third kappa shape index (κ3) is 4.91. The Morgan fingerprint density at radius 2 is 2.29 bits per heavy atom. The minimum atomic E-state index is 0.881. The Morgan fingerprint density at radius 1 is 1.47 bits per heavy atom. The van der Waals surface area contributed by atoms with Gasteiger partial charge in [0.15, 0.2) is 0 Å². The lowest BCUT2D eigenvalue weighted by Gasteiger charge is -2.21. The normalized spacial score (nSPS) is 17.5. The van der Waals surface area contributed by atoms with Crippen LogP contribution in [-0.2, 0) is 6.54 Å². The van der Waals surface area contributed by atoms with Crippen LogP contribution in [0.1, 0.15) is 17.7 Å². The van der Waals surface area contributed by atoms with Crippen LogP contribution in [0.25, 0.3) is 0 Å². The quantitative estimate of drug-likeness (QED) is 0.782. The highest BCUT2D eigenvalue weighted by Gasteiger charge is 2.12. The van der Waals surface area contributed by atoms with Crippen molar-refractivity contribution in [2.24, 2.45) is 0 Å². The Labute approximate surface area is 120 Å². The first-order valence-electron chi connectivity index (χ1n) is 6.11. The van der Waals surface area contributed by atoms with Crippen molar-refractivity contribution in [1.82, 2.24) is 10.6 Å². The van der Waals surface area contributed by atoms with Crippen LogP contribution in [0.3, 0.4) is 0 Å². The Hall–Kier alpha value is 0.450. The summed E-state index contributed by atoms with van der Waals surface area (Å²) in [5, 5.41) is 9.93. The second-order valence-corrected chi connectivity index (χ2v) is 7.45. The zero-order valence-corrected chi connectivity index (χ0v) is 13.1. The highest BCUT2D eigenvalue weighted by molar-refractivity contribution is 9.10. The van der Waals surface area contributed by atoms with E-state index in [4.69, 9.17) is 0 Å². The van der Waals surface area contributed by atoms with Crippen LogP contribution < -0.4 is 10.6 Å². The number of piperidine rings is 1. The second-order valence-electron chi connectivity index (χ2n) is 4.19. The molecule has 0 unspecified atom stereocenters. The third-order valence-electron chi connectivity index (χ3n) is 2.90. The van der Waals surface area contributed by atoms with Crippen molar-refractivity contribution in [1.29, 1.82) is 0 Å². The van der Waals surface area contributed by atoms with Gasteiger partial charge in [-0.3, -0.25) is 0 Å². The minimum absolute atomic E-state index is 0.881. The zero-order valence-electron chi connectivity index (χ0n) is 9.88. The first kappa shape index (κ1) is 13.9. The van der Waals surface area contributed by atoms with Crippen molar-refractivity contribution in [2.45, 2.75) is 24.6 Å². The summed E-state index contributed by atoms with van der Waals surface area (Å²) in [5.74, 6) is 1.23. The van der Waals surface area contributed by atoms with E-state index in [9.17, 15) is 0 Å². The van der Waals surface area contributed by atoms with Gasteiger partial charge in [-0.1, -0.05) is 0 Å². The molecule has 0 amide bonds. The van der Waals surface area contributed by atoms with Crippen LogP contribution in [0.15, 0.2) is 15.9 Å². The second kappa shape index (κ2) is 7.79. The number of thioether (sulfide) groups is 1. The molecule has 1 aliphatic rings. The molecule has 1 aromatic heterocycles. The molecule has 2 N–H and O–H groups in total. The summed E-state index contributed by atoms with van der Waals surface area (Å²) in [5.41, 5.74) is 0. The lowest BCUT2D eigenvalue weighted by Crippen LogP contribution is -2.30. The monoisotopic (exact) mass is 334 g/mol. The topological polar surface area (TPSA) is 24.1 Å². The van der Waals surface area contributed by atoms with E-state index in [1.54, 1.807) is 0 Å². The lowest BCUT2D eigenvalue weighted by molar-refractivity contribution is 0.531. The van der Waals surface area contributed by atoms with E-state index < -0.39 is 0 Å². The fourth-order valence-corrected chi connectivity index (χ4v) is 4.54. The molecule has 96 valence electrons. The van der Waals surface area contributed by atoms with Crippen LogP contribution in [0.5, 0.6) is 0 Å². The summed E-state index contributed by atoms with van der Waals surface area (Å²) in [7, 11) is 0. The SMILES string of the molecule is Brc1ccsc1CNCCSC1CCNCC1. The predicted molar refractivity (Wildman–Crippen MR) is 82.1 cm³/mol. The number of thiophene rings is 1. The molecule has 2 rings (SSSR count). The van der Waals surface area contributed by atoms with Crippen LogP contribution in [-0.4, -0.2) is 30.6 Å². The maximum absolute atomic E-state index is 3.56. The van der Waals surface area contributed by atoms with Gasteiger partial charge in [0, 0.05) is 33.4 Å². The number of rotatable bonds is 6. The molecule has 0 atom stereocenters. The van der Waals surface area contributed by atoms with Gasteiger partial charge in [0.2, 0.25) is 0 Å². The van der Waals surface area contributed by atoms with Gasteiger partial charge < -0.3 is 10.6 Å². The Kier molecular flexibility index (Phi) is 6.36. The van der Waals surface area contributed by atoms with E-state index in [2.05, 4.69) is 49.8 Å². The molecule has 1 aliphatic heterocycles. The van der Waals surface area contributed by atoms with Crippen molar-refractivity contribution >= 4 is 39.0 Å². The number of hydrogen-bond donors (Lipinski definition) is 2. The smallest absolute Gasteiger partial charge is 0.0327 e. The van der Waals surface area contributed by atoms with Gasteiger partial charge in [-0.25, -0.2) is 0 Å². The highest BCUT2D eigenvalue weighted by atomic mass is 79.9. The van der Waals surface area contributed by atoms with Gasteiger partial charge in [0.25, 0.3) is 0 Å². The van der Waals surface area contributed by atoms with Gasteiger partial charge in [-0.15, -0.1) is 11.3 Å². The summed E-state index contributed by atoms with van der Waals surface area (Å²) in [6, 6.07) is 2.12. The first-order chi connectivity index (χ1) is 8.36. The Bertz CT molecular complexity index is 324. The van der Waals surface area contributed by atoms with Crippen molar-refractivity contribution in [2.75, 3.05) is 25.4 Å². The molecule has 2 nitrogen and oxygen atoms in total. The summed E-state index contributed by atoms with van der Waals surface area (Å²) >= 11 is 7.50. The van der Waals surface area contributed by atoms with E-state index in [-0.39, 0.29) is 0 Å². The summed E-state index contributed by atoms with van der Waals surface area (Å²) in [4.78, 5) is 1.40. The van der Waals surface area contributed by atoms with Crippen LogP contribution in [0, 0.1) is 0 Å². The Morgan fingerprint density at radius 3 is 3.00 bits per heavy atom. The zero-order chi connectivity index (χ0) is 11.9. The molecular formula is C12H19BrN2S2. The third-order valence-corrected chi connectivity index (χ3v) is 6.20. The van der Waals surface area contributed by atoms with Crippen molar-refractivity contribution in [3.8, 4) is 0 Å². The molecule has 0 bridgehead atoms. The van der Waals surface area contributed by atoms with E-state index in [1.165, 1.54) is 41.0 Å². The maximum atomic E-state index is 3.56. The van der Waals surface area contributed by atoms with Crippen LogP contribution in [0.2, 0.25) is 0 Å². The standard InChI is InChI=1S/C12H19BrN2S2/c13-11-3-7-17-12(11)9-15-6-8-16-10-1-4-14-5-2-10/h3,7,10,14-15H,1-2,4-6,8-9H2. The van der Waals surface area contributed by atoms with Crippen molar-refractivity contribution in [3.63, 3.8) is 0 Å². The fraction of sp³-hybridized carbons (Fsp3) is 0.667. The first-order valence-corrected chi connectivity index (χ1v) is 8.83. The predicted octanol–water partition coefficient (Wildman–Crippen LogP) is 3.09. The summed E-state index contributed by atoms with van der Waals surface area (Å²) in [6.45, 7) is 4.50. The number of nitrogens with one attached hydrogen (secondary N) is 2. The van der Waals surface area contributed by atoms with Gasteiger partial charge >= 0.3 is 0 Å². The molecule has 0 aromatic carbocycles. The summed E-state index contributed by atoms with van der Waals surface area (Å²) < 4.78 is 1.24. The average Bonchev–Trinajstić information content (AvgIpc) is 2.76. The van der Waals surface area contributed by atoms with E-state index in [0.29, 0.717) is 0 Å². The molecule has 17 heavy (non-hydrogen) atoms. The highest BCUT2D eigenvalue weighted by Crippen LogP contribution is 2.22. The maximum Gasteiger partial charge on any atom is 0.0327 e. The van der Waals surface area contributed by atoms with Gasteiger partial charge in [-0.2, -0.15) is 11.8 Å². The largest absolute Gasteiger partial charge is 0.317 e. The van der Waals surface area contributed by atoms with Crippen LogP contribution >= 0.6 is 39.0 Å². The number of hydrogen-bond acceptors (Lipinski definition) is 4.